The molecule has 0 spiro atoms. The van der Waals surface area contributed by atoms with Gasteiger partial charge in [-0.05, 0) is 31.1 Å². The molecule has 2 rings (SSSR count). The quantitative estimate of drug-likeness (QED) is 0.809. The van der Waals surface area contributed by atoms with E-state index in [0.29, 0.717) is 19.4 Å². The third-order valence-electron chi connectivity index (χ3n) is 4.56. The number of carbonyl (C=O) groups is 2. The zero-order chi connectivity index (χ0) is 13.9. The summed E-state index contributed by atoms with van der Waals surface area (Å²) in [4.78, 5) is 23.2. The maximum absolute atomic E-state index is 12.1. The van der Waals surface area contributed by atoms with Crippen LogP contribution < -0.4 is 5.32 Å². The molecule has 0 aromatic rings. The van der Waals surface area contributed by atoms with Crippen LogP contribution in [0.15, 0.2) is 0 Å². The van der Waals surface area contributed by atoms with Crippen molar-refractivity contribution in [2.24, 2.45) is 17.3 Å². The minimum atomic E-state index is -0.838. The van der Waals surface area contributed by atoms with Gasteiger partial charge in [-0.25, -0.2) is 0 Å². The molecule has 0 bridgehead atoms. The van der Waals surface area contributed by atoms with Gasteiger partial charge in [0.1, 0.15) is 0 Å². The van der Waals surface area contributed by atoms with Gasteiger partial charge < -0.3 is 15.2 Å². The van der Waals surface area contributed by atoms with Crippen LogP contribution in [0.2, 0.25) is 0 Å². The van der Waals surface area contributed by atoms with E-state index in [9.17, 15) is 9.59 Å². The average molecular weight is 269 g/mol. The summed E-state index contributed by atoms with van der Waals surface area (Å²) in [7, 11) is 0. The number of carbonyl (C=O) groups excluding carboxylic acids is 1. The molecule has 2 aliphatic rings. The normalized spacial score (nSPS) is 29.9. The summed E-state index contributed by atoms with van der Waals surface area (Å²) in [6.07, 6.45) is 4.04. The van der Waals surface area contributed by atoms with Crippen LogP contribution in [0, 0.1) is 17.3 Å². The highest BCUT2D eigenvalue weighted by molar-refractivity contribution is 5.85. The Kier molecular flexibility index (Phi) is 4.45. The van der Waals surface area contributed by atoms with Crippen molar-refractivity contribution in [3.63, 3.8) is 0 Å². The molecule has 2 fully saturated rings. The summed E-state index contributed by atoms with van der Waals surface area (Å²) in [5.74, 6) is -1.77. The van der Waals surface area contributed by atoms with Gasteiger partial charge in [0.25, 0.3) is 0 Å². The third-order valence-corrected chi connectivity index (χ3v) is 4.56. The highest BCUT2D eigenvalue weighted by atomic mass is 16.5. The van der Waals surface area contributed by atoms with Gasteiger partial charge in [0.15, 0.2) is 0 Å². The first-order chi connectivity index (χ1) is 9.02. The molecular weight excluding hydrogens is 246 g/mol. The van der Waals surface area contributed by atoms with Crippen molar-refractivity contribution in [3.05, 3.63) is 0 Å². The number of amides is 1. The lowest BCUT2D eigenvalue weighted by atomic mass is 9.82. The Morgan fingerprint density at radius 1 is 1.26 bits per heavy atom. The van der Waals surface area contributed by atoms with Crippen LogP contribution in [0.3, 0.4) is 0 Å². The molecule has 0 aromatic heterocycles. The van der Waals surface area contributed by atoms with Gasteiger partial charge in [0.05, 0.1) is 11.8 Å². The first-order valence-corrected chi connectivity index (χ1v) is 7.10. The first-order valence-electron chi connectivity index (χ1n) is 7.10. The molecule has 1 aliphatic heterocycles. The van der Waals surface area contributed by atoms with Crippen molar-refractivity contribution in [3.8, 4) is 0 Å². The predicted octanol–water partition coefficient (Wildman–Crippen LogP) is 1.42. The maximum atomic E-state index is 12.1. The fourth-order valence-corrected chi connectivity index (χ4v) is 3.04. The Morgan fingerprint density at radius 3 is 2.53 bits per heavy atom. The van der Waals surface area contributed by atoms with E-state index in [4.69, 9.17) is 9.84 Å². The zero-order valence-corrected chi connectivity index (χ0v) is 11.5. The van der Waals surface area contributed by atoms with Crippen LogP contribution in [-0.4, -0.2) is 36.7 Å². The Bertz CT molecular complexity index is 349. The minimum absolute atomic E-state index is 0.0855. The van der Waals surface area contributed by atoms with Crippen LogP contribution in [0.1, 0.15) is 39.0 Å². The molecule has 1 saturated heterocycles. The van der Waals surface area contributed by atoms with Gasteiger partial charge >= 0.3 is 5.97 Å². The molecule has 19 heavy (non-hydrogen) atoms. The van der Waals surface area contributed by atoms with E-state index in [1.165, 1.54) is 0 Å². The van der Waals surface area contributed by atoms with E-state index in [0.717, 1.165) is 32.5 Å². The van der Waals surface area contributed by atoms with Crippen LogP contribution in [0.5, 0.6) is 0 Å². The van der Waals surface area contributed by atoms with Crippen molar-refractivity contribution < 1.29 is 19.4 Å². The second-order valence-corrected chi connectivity index (χ2v) is 6.12. The number of rotatable bonds is 4. The number of carboxylic acid groups (broad SMARTS) is 1. The molecular formula is C14H23NO4. The maximum Gasteiger partial charge on any atom is 0.307 e. The summed E-state index contributed by atoms with van der Waals surface area (Å²) in [6, 6.07) is 0. The lowest BCUT2D eigenvalue weighted by molar-refractivity contribution is -0.146. The molecule has 1 aliphatic carbocycles. The lowest BCUT2D eigenvalue weighted by Crippen LogP contribution is -2.43. The van der Waals surface area contributed by atoms with Gasteiger partial charge in [-0.1, -0.05) is 13.3 Å². The van der Waals surface area contributed by atoms with E-state index in [2.05, 4.69) is 12.2 Å². The SMILES string of the molecule is CC1(CNC(=O)[C@@H]2CCC[C@@H]2C(=O)O)CCOCC1. The second kappa shape index (κ2) is 5.90. The van der Waals surface area contributed by atoms with E-state index in [-0.39, 0.29) is 17.2 Å². The Labute approximate surface area is 113 Å². The highest BCUT2D eigenvalue weighted by Gasteiger charge is 2.38. The summed E-state index contributed by atoms with van der Waals surface area (Å²) in [5.41, 5.74) is 0.0885. The van der Waals surface area contributed by atoms with Gasteiger partial charge in [-0.2, -0.15) is 0 Å². The summed E-state index contributed by atoms with van der Waals surface area (Å²) in [5, 5.41) is 12.1. The first kappa shape index (κ1) is 14.3. The largest absolute Gasteiger partial charge is 0.481 e. The molecule has 5 heteroatoms. The topological polar surface area (TPSA) is 75.6 Å². The summed E-state index contributed by atoms with van der Waals surface area (Å²) >= 11 is 0. The minimum Gasteiger partial charge on any atom is -0.481 e. The number of hydrogen-bond donors (Lipinski definition) is 2. The smallest absolute Gasteiger partial charge is 0.307 e. The van der Waals surface area contributed by atoms with Gasteiger partial charge in [0, 0.05) is 19.8 Å². The number of carboxylic acids is 1. The van der Waals surface area contributed by atoms with E-state index >= 15 is 0 Å². The Hall–Kier alpha value is -1.10. The van der Waals surface area contributed by atoms with Crippen molar-refractivity contribution in [1.82, 2.24) is 5.32 Å². The molecule has 2 atom stereocenters. The summed E-state index contributed by atoms with van der Waals surface area (Å²) in [6.45, 7) is 4.26. The third kappa shape index (κ3) is 3.47. The van der Waals surface area contributed by atoms with E-state index in [1.807, 2.05) is 0 Å². The number of ether oxygens (including phenoxy) is 1. The number of hydrogen-bond acceptors (Lipinski definition) is 3. The lowest BCUT2D eigenvalue weighted by Gasteiger charge is -2.34. The average Bonchev–Trinajstić information content (AvgIpc) is 2.86. The van der Waals surface area contributed by atoms with Crippen LogP contribution in [0.4, 0.5) is 0 Å². The molecule has 1 saturated carbocycles. The van der Waals surface area contributed by atoms with Crippen molar-refractivity contribution in [1.29, 1.82) is 0 Å². The molecule has 5 nitrogen and oxygen atoms in total. The molecule has 108 valence electrons. The molecule has 1 amide bonds. The van der Waals surface area contributed by atoms with Gasteiger partial charge in [-0.3, -0.25) is 9.59 Å². The predicted molar refractivity (Wildman–Crippen MR) is 69.6 cm³/mol. The second-order valence-electron chi connectivity index (χ2n) is 6.12. The van der Waals surface area contributed by atoms with Crippen molar-refractivity contribution in [2.75, 3.05) is 19.8 Å². The van der Waals surface area contributed by atoms with Crippen LogP contribution in [0.25, 0.3) is 0 Å². The molecule has 2 N–H and O–H groups in total. The standard InChI is InChI=1S/C14H23NO4/c1-14(5-7-19-8-6-14)9-15-12(16)10-3-2-4-11(10)13(17)18/h10-11H,2-9H2,1H3,(H,15,16)(H,17,18)/t10-,11+/m1/s1. The van der Waals surface area contributed by atoms with Gasteiger partial charge in [-0.15, -0.1) is 0 Å². The Morgan fingerprint density at radius 2 is 1.89 bits per heavy atom. The molecule has 0 radical (unpaired) electrons. The van der Waals surface area contributed by atoms with Crippen LogP contribution >= 0.6 is 0 Å². The zero-order valence-electron chi connectivity index (χ0n) is 11.5. The number of nitrogens with one attached hydrogen (secondary N) is 1. The highest BCUT2D eigenvalue weighted by Crippen LogP contribution is 2.33. The fraction of sp³-hybridized carbons (Fsp3) is 0.857. The molecule has 1 heterocycles. The van der Waals surface area contributed by atoms with Gasteiger partial charge in [0.2, 0.25) is 5.91 Å². The van der Waals surface area contributed by atoms with Crippen molar-refractivity contribution >= 4 is 11.9 Å². The fourth-order valence-electron chi connectivity index (χ4n) is 3.04. The summed E-state index contributed by atoms with van der Waals surface area (Å²) < 4.78 is 5.33. The van der Waals surface area contributed by atoms with Crippen molar-refractivity contribution in [2.45, 2.75) is 39.0 Å². The monoisotopic (exact) mass is 269 g/mol. The van der Waals surface area contributed by atoms with Crippen LogP contribution in [-0.2, 0) is 14.3 Å². The Balaban J connectivity index is 1.85. The molecule has 0 aromatic carbocycles. The van der Waals surface area contributed by atoms with E-state index in [1.54, 1.807) is 0 Å². The molecule has 0 unspecified atom stereocenters. The number of aliphatic carboxylic acids is 1. The van der Waals surface area contributed by atoms with E-state index < -0.39 is 11.9 Å².